The van der Waals surface area contributed by atoms with Crippen LogP contribution in [0.5, 0.6) is 0 Å². The van der Waals surface area contributed by atoms with Crippen LogP contribution in [0.1, 0.15) is 61.2 Å². The molecule has 13 aromatic rings. The topological polar surface area (TPSA) is 248 Å². The lowest BCUT2D eigenvalue weighted by Crippen LogP contribution is -2.08. The van der Waals surface area contributed by atoms with Crippen molar-refractivity contribution in [2.45, 2.75) is 6.18 Å². The summed E-state index contributed by atoms with van der Waals surface area (Å²) in [5, 5.41) is 104. The number of fused-ring (bicyclic) bond motifs is 6. The van der Waals surface area contributed by atoms with Crippen LogP contribution in [0.15, 0.2) is 200 Å². The van der Waals surface area contributed by atoms with Crippen LogP contribution < -0.4 is 0 Å². The van der Waals surface area contributed by atoms with Crippen molar-refractivity contribution in [3.05, 3.63) is 261 Å². The summed E-state index contributed by atoms with van der Waals surface area (Å²) in [6.07, 6.45) is -4.97. The summed E-state index contributed by atoms with van der Waals surface area (Å²) in [6, 6.07) is 76.2. The Hall–Kier alpha value is -14.3. The average molecular weight is 1180 g/mol. The molecular formula is C77H33F3N12. The van der Waals surface area contributed by atoms with E-state index >= 15 is 13.2 Å². The molecule has 0 amide bonds. The van der Waals surface area contributed by atoms with E-state index in [9.17, 15) is 52.6 Å². The second-order valence-electron chi connectivity index (χ2n) is 21.5. The van der Waals surface area contributed by atoms with Gasteiger partial charge in [-0.3, -0.25) is 0 Å². The lowest BCUT2D eigenvalue weighted by Gasteiger charge is -2.21. The molecule has 92 heavy (non-hydrogen) atoms. The Labute approximate surface area is 522 Å². The maximum Gasteiger partial charge on any atom is 0.417 e. The van der Waals surface area contributed by atoms with Gasteiger partial charge in [0.2, 0.25) is 0 Å². The molecule has 0 saturated heterocycles. The highest BCUT2D eigenvalue weighted by atomic mass is 19.4. The Morgan fingerprint density at radius 3 is 0.913 bits per heavy atom. The van der Waals surface area contributed by atoms with Crippen LogP contribution in [0.25, 0.3) is 122 Å². The molecule has 0 N–H and O–H groups in total. The van der Waals surface area contributed by atoms with Gasteiger partial charge in [-0.05, 0) is 201 Å². The number of nitrogens with zero attached hydrogens (tertiary/aromatic N) is 12. The third-order valence-electron chi connectivity index (χ3n) is 16.5. The molecule has 11 aromatic carbocycles. The van der Waals surface area contributed by atoms with Gasteiger partial charge >= 0.3 is 6.18 Å². The van der Waals surface area contributed by atoms with Crippen LogP contribution in [-0.4, -0.2) is 9.13 Å². The number of aromatic nitrogens is 2. The van der Waals surface area contributed by atoms with E-state index in [0.717, 1.165) is 6.07 Å². The SMILES string of the molecule is N#Cc1ccc(-c2ccc3c(c2)c2cc(-c4ccc(C#N)cc4C#N)ccc2n3-c2ccc(-c3ccc(C#N)cc3C(F)(F)F)c(-c3cc(C#N)ccc3-n3c4ccc(-c5ccc(C#N)cc5C#N)cc4c4cc(-c5ccc(C#N)cc5C#N)ccc43)c2)c(C#N)c1. The quantitative estimate of drug-likeness (QED) is 0.139. The first-order valence-electron chi connectivity index (χ1n) is 28.0. The summed E-state index contributed by atoms with van der Waals surface area (Å²) in [4.78, 5) is 0. The fraction of sp³-hybridized carbons (Fsp3) is 0.0130. The van der Waals surface area contributed by atoms with Gasteiger partial charge in [0.05, 0.1) is 150 Å². The van der Waals surface area contributed by atoms with Crippen molar-refractivity contribution in [1.82, 2.24) is 9.13 Å². The molecule has 0 saturated carbocycles. The average Bonchev–Trinajstić information content (AvgIpc) is 1.55. The van der Waals surface area contributed by atoms with Gasteiger partial charge in [0.15, 0.2) is 0 Å². The first-order valence-corrected chi connectivity index (χ1v) is 28.0. The van der Waals surface area contributed by atoms with Crippen molar-refractivity contribution in [2.24, 2.45) is 0 Å². The van der Waals surface area contributed by atoms with Crippen LogP contribution >= 0.6 is 0 Å². The van der Waals surface area contributed by atoms with Crippen LogP contribution in [-0.2, 0) is 6.18 Å². The number of hydrogen-bond acceptors (Lipinski definition) is 10. The molecule has 0 unspecified atom stereocenters. The van der Waals surface area contributed by atoms with E-state index in [1.165, 1.54) is 36.4 Å². The third-order valence-corrected chi connectivity index (χ3v) is 16.5. The van der Waals surface area contributed by atoms with Gasteiger partial charge in [0.25, 0.3) is 0 Å². The Bertz CT molecular complexity index is 5640. The molecule has 0 aliphatic heterocycles. The Balaban J connectivity index is 1.12. The van der Waals surface area contributed by atoms with Crippen molar-refractivity contribution in [3.8, 4) is 139 Å². The number of halogens is 3. The first-order chi connectivity index (χ1) is 44.7. The number of rotatable bonds is 8. The molecule has 13 rings (SSSR count). The summed E-state index contributed by atoms with van der Waals surface area (Å²) in [5.74, 6) is 0. The molecule has 0 fully saturated rings. The van der Waals surface area contributed by atoms with Crippen LogP contribution in [0.2, 0.25) is 0 Å². The molecule has 2 heterocycles. The van der Waals surface area contributed by atoms with Crippen LogP contribution in [0, 0.1) is 113 Å². The van der Waals surface area contributed by atoms with Crippen LogP contribution in [0.4, 0.5) is 13.2 Å². The predicted molar refractivity (Wildman–Crippen MR) is 340 cm³/mol. The third kappa shape index (κ3) is 9.52. The van der Waals surface area contributed by atoms with E-state index in [2.05, 4.69) is 54.6 Å². The molecule has 0 aliphatic carbocycles. The van der Waals surface area contributed by atoms with Crippen LogP contribution in [0.3, 0.4) is 0 Å². The zero-order valence-electron chi connectivity index (χ0n) is 47.6. The van der Waals surface area contributed by atoms with Crippen molar-refractivity contribution in [3.63, 3.8) is 0 Å². The standard InChI is InChI=1S/C77H33F3N12/c78-77(79,80)71-28-49(39-86)5-16-64(71)63-17-11-58(91-72-19-7-50(59-12-1-44(34-81)23-54(59)40-87)29-67(72)68-30-51(8-20-73(68)91)60-13-2-45(35-82)24-55(60)41-88)33-65(63)66-27-48(38-85)6-18-74(66)92-75-21-9-52(61-14-3-46(36-83)25-56(61)42-89)31-69(75)70-32-53(10-22-76(70)92)62-15-4-47(37-84)26-57(62)43-90/h1-33H. The Kier molecular flexibility index (Phi) is 13.9. The zero-order valence-corrected chi connectivity index (χ0v) is 47.6. The lowest BCUT2D eigenvalue weighted by molar-refractivity contribution is -0.137. The molecule has 0 aliphatic rings. The molecule has 0 spiro atoms. The van der Waals surface area contributed by atoms with Crippen molar-refractivity contribution in [2.75, 3.05) is 0 Å². The summed E-state index contributed by atoms with van der Waals surface area (Å²) in [5.41, 5.74) is 9.28. The molecule has 12 nitrogen and oxygen atoms in total. The van der Waals surface area contributed by atoms with E-state index in [-0.39, 0.29) is 61.2 Å². The lowest BCUT2D eigenvalue weighted by atomic mass is 9.89. The van der Waals surface area contributed by atoms with Gasteiger partial charge in [-0.1, -0.05) is 60.7 Å². The Morgan fingerprint density at radius 1 is 0.250 bits per heavy atom. The Morgan fingerprint density at radius 2 is 0.565 bits per heavy atom. The molecule has 15 heteroatoms. The molecular weight excluding hydrogens is 1150 g/mol. The summed E-state index contributed by atoms with van der Waals surface area (Å²) >= 11 is 0. The molecule has 2 aromatic heterocycles. The molecule has 0 radical (unpaired) electrons. The fourth-order valence-electron chi connectivity index (χ4n) is 12.3. The number of nitriles is 10. The minimum atomic E-state index is -4.97. The van der Waals surface area contributed by atoms with E-state index in [4.69, 9.17) is 0 Å². The van der Waals surface area contributed by atoms with Crippen molar-refractivity contribution >= 4 is 43.6 Å². The highest BCUT2D eigenvalue weighted by Crippen LogP contribution is 2.48. The van der Waals surface area contributed by atoms with Gasteiger partial charge in [-0.25, -0.2) is 0 Å². The van der Waals surface area contributed by atoms with Gasteiger partial charge in [-0.15, -0.1) is 0 Å². The highest BCUT2D eigenvalue weighted by Gasteiger charge is 2.35. The minimum Gasteiger partial charge on any atom is -0.309 e. The normalized spacial score (nSPS) is 10.9. The largest absolute Gasteiger partial charge is 0.417 e. The van der Waals surface area contributed by atoms with E-state index in [1.54, 1.807) is 84.9 Å². The monoisotopic (exact) mass is 1180 g/mol. The zero-order chi connectivity index (χ0) is 64.1. The first kappa shape index (κ1) is 56.8. The van der Waals surface area contributed by atoms with E-state index in [0.29, 0.717) is 116 Å². The summed E-state index contributed by atoms with van der Waals surface area (Å²) < 4.78 is 50.9. The second-order valence-corrected chi connectivity index (χ2v) is 21.5. The van der Waals surface area contributed by atoms with Crippen molar-refractivity contribution in [1.29, 1.82) is 52.6 Å². The second kappa shape index (κ2) is 22.5. The van der Waals surface area contributed by atoms with Gasteiger partial charge in [0, 0.05) is 32.8 Å². The molecule has 0 bridgehead atoms. The van der Waals surface area contributed by atoms with Crippen molar-refractivity contribution < 1.29 is 13.2 Å². The highest BCUT2D eigenvalue weighted by molar-refractivity contribution is 6.14. The fourth-order valence-corrected chi connectivity index (χ4v) is 12.3. The van der Waals surface area contributed by atoms with E-state index in [1.807, 2.05) is 88.0 Å². The number of benzene rings is 11. The smallest absolute Gasteiger partial charge is 0.309 e. The summed E-state index contributed by atoms with van der Waals surface area (Å²) in [6.45, 7) is 0. The van der Waals surface area contributed by atoms with Gasteiger partial charge < -0.3 is 9.13 Å². The predicted octanol–water partition coefficient (Wildman–Crippen LogP) is 17.6. The maximum absolute atomic E-state index is 15.7. The molecule has 0 atom stereocenters. The molecule has 422 valence electrons. The summed E-state index contributed by atoms with van der Waals surface area (Å²) in [7, 11) is 0. The number of alkyl halides is 3. The van der Waals surface area contributed by atoms with E-state index < -0.39 is 11.7 Å². The maximum atomic E-state index is 15.7. The van der Waals surface area contributed by atoms with Gasteiger partial charge in [-0.2, -0.15) is 65.8 Å². The van der Waals surface area contributed by atoms with Gasteiger partial charge in [0.1, 0.15) is 0 Å². The minimum absolute atomic E-state index is 0.0852. The number of hydrogen-bond donors (Lipinski definition) is 0.